The second kappa shape index (κ2) is 8.81. The number of hydrazine groups is 1. The van der Waals surface area contributed by atoms with Crippen LogP contribution in [0.1, 0.15) is 20.7 Å². The molecule has 0 bridgehead atoms. The number of rotatable bonds is 4. The summed E-state index contributed by atoms with van der Waals surface area (Å²) < 4.78 is 15.4. The highest BCUT2D eigenvalue weighted by Crippen LogP contribution is 2.25. The second-order valence-electron chi connectivity index (χ2n) is 6.57. The molecule has 2 N–H and O–H groups in total. The van der Waals surface area contributed by atoms with Crippen LogP contribution in [0.4, 0.5) is 4.39 Å². The molecule has 8 heteroatoms. The van der Waals surface area contributed by atoms with Crippen molar-refractivity contribution in [2.24, 2.45) is 0 Å². The first-order valence-corrected chi connectivity index (χ1v) is 9.67. The summed E-state index contributed by atoms with van der Waals surface area (Å²) in [6, 6.07) is 21.6. The molecule has 0 aliphatic carbocycles. The number of carbonyl (C=O) groups is 2. The maximum absolute atomic E-state index is 13.8. The van der Waals surface area contributed by atoms with Gasteiger partial charge in [0.25, 0.3) is 11.8 Å². The third kappa shape index (κ3) is 4.46. The number of para-hydroxylation sites is 1. The van der Waals surface area contributed by atoms with E-state index in [4.69, 9.17) is 11.6 Å². The molecule has 0 aliphatic heterocycles. The van der Waals surface area contributed by atoms with E-state index in [9.17, 15) is 14.0 Å². The van der Waals surface area contributed by atoms with E-state index < -0.39 is 17.6 Å². The summed E-state index contributed by atoms with van der Waals surface area (Å²) in [5.41, 5.74) is 6.44. The van der Waals surface area contributed by atoms with E-state index in [0.29, 0.717) is 16.3 Å². The fraction of sp³-hybridized carbons (Fsp3) is 0. The molecule has 0 spiro atoms. The summed E-state index contributed by atoms with van der Waals surface area (Å²) in [5.74, 6) is -2.06. The molecule has 4 rings (SSSR count). The van der Waals surface area contributed by atoms with E-state index >= 15 is 0 Å². The molecule has 0 aliphatic rings. The minimum atomic E-state index is -0.769. The highest BCUT2D eigenvalue weighted by molar-refractivity contribution is 6.30. The van der Waals surface area contributed by atoms with Crippen molar-refractivity contribution < 1.29 is 14.0 Å². The van der Waals surface area contributed by atoms with Crippen LogP contribution in [0.5, 0.6) is 0 Å². The van der Waals surface area contributed by atoms with Gasteiger partial charge in [-0.1, -0.05) is 54.1 Å². The Morgan fingerprint density at radius 3 is 2.10 bits per heavy atom. The van der Waals surface area contributed by atoms with E-state index in [2.05, 4.69) is 16.0 Å². The van der Waals surface area contributed by atoms with Crippen molar-refractivity contribution in [1.29, 1.82) is 0 Å². The first-order valence-electron chi connectivity index (χ1n) is 9.29. The molecule has 0 saturated carbocycles. The molecule has 1 heterocycles. The van der Waals surface area contributed by atoms with Gasteiger partial charge in [-0.15, -0.1) is 0 Å². The lowest BCUT2D eigenvalue weighted by Crippen LogP contribution is -2.42. The molecule has 31 heavy (non-hydrogen) atoms. The Bertz CT molecular complexity index is 1240. The van der Waals surface area contributed by atoms with Crippen molar-refractivity contribution in [3.8, 4) is 16.9 Å². The van der Waals surface area contributed by atoms with Gasteiger partial charge in [0.15, 0.2) is 0 Å². The van der Waals surface area contributed by atoms with Crippen LogP contribution in [0.15, 0.2) is 85.1 Å². The van der Waals surface area contributed by atoms with Gasteiger partial charge in [0.1, 0.15) is 11.5 Å². The number of amides is 2. The Morgan fingerprint density at radius 2 is 1.42 bits per heavy atom. The van der Waals surface area contributed by atoms with Crippen LogP contribution in [-0.4, -0.2) is 21.6 Å². The summed E-state index contributed by atoms with van der Waals surface area (Å²) in [5, 5.41) is 5.09. The summed E-state index contributed by atoms with van der Waals surface area (Å²) >= 11 is 5.98. The normalized spacial score (nSPS) is 10.5. The molecule has 4 aromatic rings. The van der Waals surface area contributed by atoms with Crippen LogP contribution < -0.4 is 10.9 Å². The predicted molar refractivity (Wildman–Crippen MR) is 115 cm³/mol. The molecule has 154 valence electrons. The highest BCUT2D eigenvalue weighted by atomic mass is 35.5. The molecule has 0 atom stereocenters. The SMILES string of the molecule is O=C(NNC(=O)c1cn(-c2ccccc2)nc1-c1ccc(Cl)cc1)c1ccccc1F. The van der Waals surface area contributed by atoms with Crippen LogP contribution in [0.3, 0.4) is 0 Å². The van der Waals surface area contributed by atoms with Crippen LogP contribution in [0, 0.1) is 5.82 Å². The lowest BCUT2D eigenvalue weighted by Gasteiger charge is -2.08. The highest BCUT2D eigenvalue weighted by Gasteiger charge is 2.20. The lowest BCUT2D eigenvalue weighted by molar-refractivity contribution is 0.0844. The molecular weight excluding hydrogens is 419 g/mol. The number of nitrogens with one attached hydrogen (secondary N) is 2. The Hall–Kier alpha value is -3.97. The standard InChI is InChI=1S/C23H16ClFN4O2/c24-16-12-10-15(11-13-16)21-19(14-29(28-21)17-6-2-1-3-7-17)23(31)27-26-22(30)18-8-4-5-9-20(18)25/h1-14H,(H,26,30)(H,27,31). The third-order valence-corrected chi connectivity index (χ3v) is 4.76. The van der Waals surface area contributed by atoms with E-state index in [0.717, 1.165) is 5.69 Å². The number of hydrogen-bond acceptors (Lipinski definition) is 3. The number of carbonyl (C=O) groups excluding carboxylic acids is 2. The fourth-order valence-electron chi connectivity index (χ4n) is 2.97. The van der Waals surface area contributed by atoms with Crippen molar-refractivity contribution in [3.05, 3.63) is 107 Å². The van der Waals surface area contributed by atoms with Crippen molar-refractivity contribution in [2.75, 3.05) is 0 Å². The fourth-order valence-corrected chi connectivity index (χ4v) is 3.09. The zero-order chi connectivity index (χ0) is 21.8. The molecule has 6 nitrogen and oxygen atoms in total. The smallest absolute Gasteiger partial charge is 0.267 e. The molecule has 1 aromatic heterocycles. The monoisotopic (exact) mass is 434 g/mol. The van der Waals surface area contributed by atoms with E-state index in [1.165, 1.54) is 24.3 Å². The first kappa shape index (κ1) is 20.3. The van der Waals surface area contributed by atoms with Crippen LogP contribution in [-0.2, 0) is 0 Å². The molecule has 3 aromatic carbocycles. The molecule has 0 radical (unpaired) electrons. The summed E-state index contributed by atoms with van der Waals surface area (Å²) in [6.07, 6.45) is 1.56. The van der Waals surface area contributed by atoms with Crippen LogP contribution >= 0.6 is 11.6 Å². The Morgan fingerprint density at radius 1 is 0.806 bits per heavy atom. The van der Waals surface area contributed by atoms with Crippen molar-refractivity contribution in [2.45, 2.75) is 0 Å². The number of aromatic nitrogens is 2. The van der Waals surface area contributed by atoms with Gasteiger partial charge in [0, 0.05) is 16.8 Å². The van der Waals surface area contributed by atoms with Gasteiger partial charge in [-0.3, -0.25) is 20.4 Å². The summed E-state index contributed by atoms with van der Waals surface area (Å²) in [7, 11) is 0. The maximum Gasteiger partial charge on any atom is 0.273 e. The Balaban J connectivity index is 1.63. The molecule has 0 saturated heterocycles. The minimum absolute atomic E-state index is 0.180. The largest absolute Gasteiger partial charge is 0.273 e. The average molecular weight is 435 g/mol. The number of benzene rings is 3. The number of nitrogens with zero attached hydrogens (tertiary/aromatic N) is 2. The van der Waals surface area contributed by atoms with Crippen molar-refractivity contribution in [1.82, 2.24) is 20.6 Å². The van der Waals surface area contributed by atoms with Crippen molar-refractivity contribution >= 4 is 23.4 Å². The quantitative estimate of drug-likeness (QED) is 0.467. The topological polar surface area (TPSA) is 76.0 Å². The zero-order valence-corrected chi connectivity index (χ0v) is 16.8. The molecule has 2 amide bonds. The maximum atomic E-state index is 13.8. The number of halogens is 2. The Kier molecular flexibility index (Phi) is 5.77. The van der Waals surface area contributed by atoms with Gasteiger partial charge >= 0.3 is 0 Å². The van der Waals surface area contributed by atoms with Gasteiger partial charge in [-0.25, -0.2) is 9.07 Å². The molecule has 0 fully saturated rings. The van der Waals surface area contributed by atoms with Gasteiger partial charge < -0.3 is 0 Å². The van der Waals surface area contributed by atoms with Gasteiger partial charge in [0.2, 0.25) is 0 Å². The average Bonchev–Trinajstić information content (AvgIpc) is 3.24. The third-order valence-electron chi connectivity index (χ3n) is 4.51. The van der Waals surface area contributed by atoms with Gasteiger partial charge in [-0.2, -0.15) is 5.10 Å². The number of hydrogen-bond donors (Lipinski definition) is 2. The first-order chi connectivity index (χ1) is 15.0. The van der Waals surface area contributed by atoms with Gasteiger partial charge in [-0.05, 0) is 36.4 Å². The summed E-state index contributed by atoms with van der Waals surface area (Å²) in [6.45, 7) is 0. The zero-order valence-electron chi connectivity index (χ0n) is 16.0. The van der Waals surface area contributed by atoms with Crippen molar-refractivity contribution in [3.63, 3.8) is 0 Å². The molecular formula is C23H16ClFN4O2. The van der Waals surface area contributed by atoms with Gasteiger partial charge in [0.05, 0.1) is 16.8 Å². The second-order valence-corrected chi connectivity index (χ2v) is 7.00. The van der Waals surface area contributed by atoms with E-state index in [1.54, 1.807) is 35.1 Å². The van der Waals surface area contributed by atoms with Crippen LogP contribution in [0.25, 0.3) is 16.9 Å². The van der Waals surface area contributed by atoms with Crippen LogP contribution in [0.2, 0.25) is 5.02 Å². The predicted octanol–water partition coefficient (Wildman–Crippen LogP) is 4.41. The lowest BCUT2D eigenvalue weighted by atomic mass is 10.1. The summed E-state index contributed by atoms with van der Waals surface area (Å²) in [4.78, 5) is 25.1. The molecule has 0 unspecified atom stereocenters. The van der Waals surface area contributed by atoms with E-state index in [1.807, 2.05) is 30.3 Å². The van der Waals surface area contributed by atoms with E-state index in [-0.39, 0.29) is 11.1 Å². The minimum Gasteiger partial charge on any atom is -0.267 e. The Labute approximate surface area is 182 Å².